The van der Waals surface area contributed by atoms with Gasteiger partial charge in [0.1, 0.15) is 12.4 Å². The molecule has 0 radical (unpaired) electrons. The molecule has 0 amide bonds. The van der Waals surface area contributed by atoms with Crippen molar-refractivity contribution in [2.45, 2.75) is 70.9 Å². The molecule has 0 aliphatic heterocycles. The Labute approximate surface area is 103 Å². The maximum Gasteiger partial charge on any atom is 0.158 e. The molecule has 1 saturated carbocycles. The molecule has 1 fully saturated rings. The van der Waals surface area contributed by atoms with Crippen LogP contribution >= 0.6 is 0 Å². The van der Waals surface area contributed by atoms with Gasteiger partial charge in [-0.05, 0) is 19.3 Å². The minimum Gasteiger partial charge on any atom is -0.388 e. The molecular weight excluding hydrogens is 214 g/mol. The predicted molar refractivity (Wildman–Crippen MR) is 66.7 cm³/mol. The second kappa shape index (κ2) is 5.17. The number of rotatable bonds is 4. The molecule has 1 aromatic rings. The van der Waals surface area contributed by atoms with Gasteiger partial charge in [-0.1, -0.05) is 33.1 Å². The fraction of sp³-hybridized carbons (Fsp3) is 0.846. The summed E-state index contributed by atoms with van der Waals surface area (Å²) in [6.45, 7) is 5.34. The molecule has 4 heteroatoms. The van der Waals surface area contributed by atoms with E-state index in [4.69, 9.17) is 0 Å². The third-order valence-electron chi connectivity index (χ3n) is 3.91. The summed E-state index contributed by atoms with van der Waals surface area (Å²) in [7, 11) is 0. The smallest absolute Gasteiger partial charge is 0.158 e. The number of hydrogen-bond acceptors (Lipinski definition) is 3. The average molecular weight is 237 g/mol. The molecule has 1 aliphatic rings. The zero-order valence-electron chi connectivity index (χ0n) is 10.9. The van der Waals surface area contributed by atoms with E-state index in [1.807, 2.05) is 0 Å². The van der Waals surface area contributed by atoms with E-state index in [1.54, 1.807) is 0 Å². The van der Waals surface area contributed by atoms with Crippen LogP contribution in [0.5, 0.6) is 0 Å². The Morgan fingerprint density at radius 3 is 2.53 bits per heavy atom. The van der Waals surface area contributed by atoms with E-state index >= 15 is 0 Å². The molecule has 1 aliphatic carbocycles. The van der Waals surface area contributed by atoms with E-state index < -0.39 is 0 Å². The molecule has 2 rings (SSSR count). The van der Waals surface area contributed by atoms with Crippen LogP contribution in [0.15, 0.2) is 0 Å². The Hall–Kier alpha value is -0.900. The molecule has 0 atom stereocenters. The lowest BCUT2D eigenvalue weighted by molar-refractivity contribution is 0.258. The lowest BCUT2D eigenvalue weighted by atomic mass is 9.75. The molecule has 17 heavy (non-hydrogen) atoms. The molecule has 1 heterocycles. The van der Waals surface area contributed by atoms with Gasteiger partial charge < -0.3 is 9.67 Å². The fourth-order valence-electron chi connectivity index (χ4n) is 2.91. The first-order chi connectivity index (χ1) is 8.21. The Kier molecular flexibility index (Phi) is 3.82. The van der Waals surface area contributed by atoms with E-state index in [0.29, 0.717) is 5.82 Å². The van der Waals surface area contributed by atoms with Crippen molar-refractivity contribution < 1.29 is 5.11 Å². The van der Waals surface area contributed by atoms with Crippen molar-refractivity contribution in [3.63, 3.8) is 0 Å². The molecule has 0 bridgehead atoms. The van der Waals surface area contributed by atoms with Gasteiger partial charge in [-0.3, -0.25) is 0 Å². The van der Waals surface area contributed by atoms with Crippen LogP contribution in [0.25, 0.3) is 0 Å². The van der Waals surface area contributed by atoms with E-state index in [1.165, 1.54) is 32.1 Å². The van der Waals surface area contributed by atoms with Crippen molar-refractivity contribution in [1.82, 2.24) is 14.8 Å². The topological polar surface area (TPSA) is 50.9 Å². The zero-order valence-corrected chi connectivity index (χ0v) is 10.9. The molecule has 0 unspecified atom stereocenters. The quantitative estimate of drug-likeness (QED) is 0.875. The van der Waals surface area contributed by atoms with Gasteiger partial charge in [-0.2, -0.15) is 0 Å². The molecule has 96 valence electrons. The lowest BCUT2D eigenvalue weighted by Gasteiger charge is -2.33. The van der Waals surface area contributed by atoms with Gasteiger partial charge in [0.05, 0.1) is 0 Å². The van der Waals surface area contributed by atoms with Crippen LogP contribution in [0.1, 0.15) is 64.0 Å². The summed E-state index contributed by atoms with van der Waals surface area (Å²) in [5.41, 5.74) is 0.161. The van der Waals surface area contributed by atoms with Gasteiger partial charge in [-0.15, -0.1) is 10.2 Å². The summed E-state index contributed by atoms with van der Waals surface area (Å²) in [6.07, 6.45) is 7.34. The number of aromatic nitrogens is 3. The van der Waals surface area contributed by atoms with Crippen LogP contribution in [0, 0.1) is 0 Å². The average Bonchev–Trinajstić information content (AvgIpc) is 2.74. The van der Waals surface area contributed by atoms with Gasteiger partial charge >= 0.3 is 0 Å². The van der Waals surface area contributed by atoms with Crippen LogP contribution in [-0.4, -0.2) is 19.9 Å². The van der Waals surface area contributed by atoms with Crippen molar-refractivity contribution in [3.05, 3.63) is 11.6 Å². The Bertz CT molecular complexity index is 367. The van der Waals surface area contributed by atoms with E-state index in [0.717, 1.165) is 18.8 Å². The van der Waals surface area contributed by atoms with Gasteiger partial charge in [0.25, 0.3) is 0 Å². The summed E-state index contributed by atoms with van der Waals surface area (Å²) in [5, 5.41) is 17.8. The predicted octanol–water partition coefficient (Wildman–Crippen LogP) is 2.40. The second-order valence-corrected chi connectivity index (χ2v) is 5.37. The van der Waals surface area contributed by atoms with Crippen molar-refractivity contribution in [3.8, 4) is 0 Å². The first-order valence-electron chi connectivity index (χ1n) is 6.74. The fourth-order valence-corrected chi connectivity index (χ4v) is 2.91. The van der Waals surface area contributed by atoms with Crippen LogP contribution in [-0.2, 0) is 18.6 Å². The third kappa shape index (κ3) is 2.37. The van der Waals surface area contributed by atoms with E-state index in [-0.39, 0.29) is 12.0 Å². The highest BCUT2D eigenvalue weighted by atomic mass is 16.3. The SMILES string of the molecule is CCCn1c(CO)nnc1C1(C)CCCCC1. The summed E-state index contributed by atoms with van der Waals surface area (Å²) in [4.78, 5) is 0. The van der Waals surface area contributed by atoms with Crippen LogP contribution in [0.4, 0.5) is 0 Å². The van der Waals surface area contributed by atoms with Gasteiger partial charge in [0.15, 0.2) is 5.82 Å². The van der Waals surface area contributed by atoms with Crippen molar-refractivity contribution in [2.24, 2.45) is 0 Å². The van der Waals surface area contributed by atoms with E-state index in [9.17, 15) is 5.11 Å². The molecule has 1 N–H and O–H groups in total. The maximum absolute atomic E-state index is 9.32. The Morgan fingerprint density at radius 1 is 1.24 bits per heavy atom. The summed E-state index contributed by atoms with van der Waals surface area (Å²) in [5.74, 6) is 1.80. The maximum atomic E-state index is 9.32. The van der Waals surface area contributed by atoms with E-state index in [2.05, 4.69) is 28.6 Å². The first kappa shape index (κ1) is 12.6. The summed E-state index contributed by atoms with van der Waals surface area (Å²) < 4.78 is 2.13. The van der Waals surface area contributed by atoms with Gasteiger partial charge in [-0.25, -0.2) is 0 Å². The highest BCUT2D eigenvalue weighted by Gasteiger charge is 2.34. The second-order valence-electron chi connectivity index (χ2n) is 5.37. The summed E-state index contributed by atoms with van der Waals surface area (Å²) in [6, 6.07) is 0. The minimum atomic E-state index is -0.0108. The van der Waals surface area contributed by atoms with Crippen LogP contribution in [0.3, 0.4) is 0 Å². The molecule has 4 nitrogen and oxygen atoms in total. The molecule has 1 aromatic heterocycles. The monoisotopic (exact) mass is 237 g/mol. The molecular formula is C13H23N3O. The highest BCUT2D eigenvalue weighted by Crippen LogP contribution is 2.38. The number of nitrogens with zero attached hydrogens (tertiary/aromatic N) is 3. The normalized spacial score (nSPS) is 19.5. The van der Waals surface area contributed by atoms with Crippen molar-refractivity contribution in [1.29, 1.82) is 0 Å². The van der Waals surface area contributed by atoms with Crippen molar-refractivity contribution >= 4 is 0 Å². The number of aliphatic hydroxyl groups is 1. The standard InChI is InChI=1S/C13H23N3O/c1-3-9-16-11(10-17)14-15-12(16)13(2)7-5-4-6-8-13/h17H,3-10H2,1-2H3. The zero-order chi connectivity index (χ0) is 12.3. The minimum absolute atomic E-state index is 0.0108. The Balaban J connectivity index is 2.32. The number of aliphatic hydroxyl groups excluding tert-OH is 1. The highest BCUT2D eigenvalue weighted by molar-refractivity contribution is 5.10. The largest absolute Gasteiger partial charge is 0.388 e. The van der Waals surface area contributed by atoms with Crippen molar-refractivity contribution in [2.75, 3.05) is 0 Å². The number of hydrogen-bond donors (Lipinski definition) is 1. The summed E-state index contributed by atoms with van der Waals surface area (Å²) >= 11 is 0. The van der Waals surface area contributed by atoms with Crippen LogP contribution < -0.4 is 0 Å². The Morgan fingerprint density at radius 2 is 1.94 bits per heavy atom. The third-order valence-corrected chi connectivity index (χ3v) is 3.91. The van der Waals surface area contributed by atoms with Gasteiger partial charge in [0, 0.05) is 12.0 Å². The molecule has 0 saturated heterocycles. The molecule has 0 spiro atoms. The van der Waals surface area contributed by atoms with Crippen LogP contribution in [0.2, 0.25) is 0 Å². The van der Waals surface area contributed by atoms with Gasteiger partial charge in [0.2, 0.25) is 0 Å². The first-order valence-corrected chi connectivity index (χ1v) is 6.74. The lowest BCUT2D eigenvalue weighted by Crippen LogP contribution is -2.29. The molecule has 0 aromatic carbocycles.